The summed E-state index contributed by atoms with van der Waals surface area (Å²) in [5.41, 5.74) is 3.79. The molecule has 40 heavy (non-hydrogen) atoms. The molecule has 1 aromatic carbocycles. The third-order valence-electron chi connectivity index (χ3n) is 7.59. The lowest BCUT2D eigenvalue weighted by molar-refractivity contribution is -0.166. The Kier molecular flexibility index (Phi) is 6.62. The van der Waals surface area contributed by atoms with Crippen molar-refractivity contribution in [2.45, 2.75) is 58.2 Å². The maximum absolute atomic E-state index is 12.0. The molecule has 3 aromatic rings. The topological polar surface area (TPSA) is 135 Å². The molecule has 0 radical (unpaired) electrons. The van der Waals surface area contributed by atoms with Crippen LogP contribution in [0.4, 0.5) is 5.82 Å². The second-order valence-electron chi connectivity index (χ2n) is 10.6. The van der Waals surface area contributed by atoms with Crippen molar-refractivity contribution < 1.29 is 33.3 Å². The zero-order valence-corrected chi connectivity index (χ0v) is 23.0. The number of rotatable bonds is 6. The number of carbonyl (C=O) groups is 3. The minimum Gasteiger partial charge on any atom is -0.463 e. The van der Waals surface area contributed by atoms with Crippen LogP contribution in [0.15, 0.2) is 30.6 Å². The van der Waals surface area contributed by atoms with Crippen LogP contribution in [0, 0.1) is 5.41 Å². The number of hydrogen-bond donors (Lipinski definition) is 0. The molecule has 0 bridgehead atoms. The van der Waals surface area contributed by atoms with E-state index in [-0.39, 0.29) is 17.3 Å². The Hall–Kier alpha value is -3.77. The van der Waals surface area contributed by atoms with Crippen LogP contribution >= 0.6 is 11.6 Å². The van der Waals surface area contributed by atoms with Crippen molar-refractivity contribution in [2.24, 2.45) is 5.41 Å². The van der Waals surface area contributed by atoms with Crippen molar-refractivity contribution in [3.05, 3.63) is 47.0 Å². The fourth-order valence-electron chi connectivity index (χ4n) is 6.11. The smallest absolute Gasteiger partial charge is 0.303 e. The van der Waals surface area contributed by atoms with E-state index in [9.17, 15) is 14.4 Å². The van der Waals surface area contributed by atoms with Crippen LogP contribution in [0.3, 0.4) is 0 Å². The Morgan fingerprint density at radius 2 is 1.65 bits per heavy atom. The van der Waals surface area contributed by atoms with Crippen molar-refractivity contribution in [3.63, 3.8) is 0 Å². The molecule has 4 atom stereocenters. The molecule has 2 aliphatic heterocycles. The van der Waals surface area contributed by atoms with Gasteiger partial charge in [-0.25, -0.2) is 4.98 Å². The Morgan fingerprint density at radius 3 is 2.27 bits per heavy atom. The minimum absolute atomic E-state index is 0.0231. The van der Waals surface area contributed by atoms with E-state index in [1.54, 1.807) is 4.57 Å². The summed E-state index contributed by atoms with van der Waals surface area (Å²) in [7, 11) is 0. The van der Waals surface area contributed by atoms with Crippen molar-refractivity contribution in [2.75, 3.05) is 24.6 Å². The van der Waals surface area contributed by atoms with Gasteiger partial charge in [0, 0.05) is 39.3 Å². The molecule has 13 heteroatoms. The highest BCUT2D eigenvalue weighted by Gasteiger charge is 2.52. The molecular weight excluding hydrogens is 542 g/mol. The number of fused-ring (bicyclic) bond motifs is 2. The van der Waals surface area contributed by atoms with Gasteiger partial charge >= 0.3 is 17.9 Å². The van der Waals surface area contributed by atoms with Gasteiger partial charge < -0.3 is 23.8 Å². The Balaban J connectivity index is 1.31. The highest BCUT2D eigenvalue weighted by Crippen LogP contribution is 2.46. The Morgan fingerprint density at radius 1 is 1.00 bits per heavy atom. The van der Waals surface area contributed by atoms with Crippen molar-refractivity contribution in [1.29, 1.82) is 0 Å². The summed E-state index contributed by atoms with van der Waals surface area (Å²) in [6, 6.07) is 8.53. The lowest BCUT2D eigenvalue weighted by Gasteiger charge is -2.49. The van der Waals surface area contributed by atoms with E-state index < -0.39 is 42.4 Å². The van der Waals surface area contributed by atoms with Crippen LogP contribution in [-0.4, -0.2) is 75.4 Å². The van der Waals surface area contributed by atoms with Gasteiger partial charge in [0.25, 0.3) is 0 Å². The first-order chi connectivity index (χ1) is 19.1. The first-order valence-corrected chi connectivity index (χ1v) is 13.4. The van der Waals surface area contributed by atoms with Gasteiger partial charge in [0.2, 0.25) is 5.28 Å². The molecule has 0 saturated carbocycles. The number of carbonyl (C=O) groups excluding carboxylic acids is 3. The lowest BCUT2D eigenvalue weighted by atomic mass is 9.77. The van der Waals surface area contributed by atoms with Gasteiger partial charge in [-0.1, -0.05) is 24.3 Å². The molecule has 2 aromatic heterocycles. The number of halogens is 1. The fourth-order valence-corrected chi connectivity index (χ4v) is 6.27. The number of aromatic nitrogens is 4. The standard InChI is InChI=1S/C27H28ClN5O7/c1-14(34)37-10-19-21(38-15(2)35)22(39-16(3)36)25(40-19)33-13-29-20-23(30-26(28)31-24(20)33)32-11-27(12-32)8-17-6-4-5-7-18(17)9-27/h4-7,13,19,21-22,25H,8-12H2,1-3H3. The number of anilines is 1. The first kappa shape index (κ1) is 26.5. The van der Waals surface area contributed by atoms with Crippen LogP contribution in [-0.2, 0) is 46.2 Å². The van der Waals surface area contributed by atoms with Crippen molar-refractivity contribution >= 4 is 46.5 Å². The largest absolute Gasteiger partial charge is 0.463 e. The predicted molar refractivity (Wildman–Crippen MR) is 140 cm³/mol. The summed E-state index contributed by atoms with van der Waals surface area (Å²) in [6.07, 6.45) is -0.491. The molecule has 1 spiro atoms. The monoisotopic (exact) mass is 569 g/mol. The van der Waals surface area contributed by atoms with Gasteiger partial charge in [-0.2, -0.15) is 9.97 Å². The van der Waals surface area contributed by atoms with Gasteiger partial charge in [-0.3, -0.25) is 19.0 Å². The first-order valence-electron chi connectivity index (χ1n) is 13.0. The van der Waals surface area contributed by atoms with Crippen LogP contribution in [0.25, 0.3) is 11.2 Å². The van der Waals surface area contributed by atoms with Gasteiger partial charge in [-0.15, -0.1) is 0 Å². The molecule has 12 nitrogen and oxygen atoms in total. The highest BCUT2D eigenvalue weighted by atomic mass is 35.5. The van der Waals surface area contributed by atoms with Gasteiger partial charge in [0.1, 0.15) is 12.7 Å². The normalized spacial score (nSPS) is 24.6. The Labute approximate surface area is 234 Å². The van der Waals surface area contributed by atoms with E-state index in [4.69, 9.17) is 30.5 Å². The molecule has 0 amide bonds. The van der Waals surface area contributed by atoms with Crippen LogP contribution in [0.1, 0.15) is 38.1 Å². The number of esters is 3. The van der Waals surface area contributed by atoms with E-state index in [2.05, 4.69) is 44.1 Å². The van der Waals surface area contributed by atoms with E-state index in [0.717, 1.165) is 25.9 Å². The van der Waals surface area contributed by atoms with Crippen LogP contribution < -0.4 is 4.90 Å². The summed E-state index contributed by atoms with van der Waals surface area (Å²) < 4.78 is 23.9. The molecule has 6 rings (SSSR count). The zero-order chi connectivity index (χ0) is 28.2. The molecule has 4 heterocycles. The molecular formula is C27H28ClN5O7. The molecule has 3 aliphatic rings. The molecule has 1 aliphatic carbocycles. The van der Waals surface area contributed by atoms with E-state index in [1.165, 1.54) is 38.2 Å². The third-order valence-corrected chi connectivity index (χ3v) is 7.76. The Bertz CT molecular complexity index is 1480. The lowest BCUT2D eigenvalue weighted by Crippen LogP contribution is -2.57. The number of imidazole rings is 1. The van der Waals surface area contributed by atoms with Crippen molar-refractivity contribution in [1.82, 2.24) is 19.5 Å². The summed E-state index contributed by atoms with van der Waals surface area (Å²) in [4.78, 5) is 51.1. The third kappa shape index (κ3) is 4.75. The fraction of sp³-hybridized carbons (Fsp3) is 0.481. The zero-order valence-electron chi connectivity index (χ0n) is 22.2. The quantitative estimate of drug-likeness (QED) is 0.246. The number of hydrogen-bond acceptors (Lipinski definition) is 11. The molecule has 210 valence electrons. The maximum Gasteiger partial charge on any atom is 0.303 e. The van der Waals surface area contributed by atoms with E-state index in [0.29, 0.717) is 17.0 Å². The molecule has 4 unspecified atom stereocenters. The molecule has 2 saturated heterocycles. The van der Waals surface area contributed by atoms with Crippen LogP contribution in [0.5, 0.6) is 0 Å². The summed E-state index contributed by atoms with van der Waals surface area (Å²) >= 11 is 6.40. The maximum atomic E-state index is 12.0. The summed E-state index contributed by atoms with van der Waals surface area (Å²) in [5.74, 6) is -1.15. The molecule has 0 N–H and O–H groups in total. The second-order valence-corrected chi connectivity index (χ2v) is 11.0. The molecule has 2 fully saturated rings. The van der Waals surface area contributed by atoms with E-state index >= 15 is 0 Å². The SMILES string of the molecule is CC(=O)OCC1OC(n2cnc3c(N4CC5(Cc6ccccc6C5)C4)nc(Cl)nc32)C(OC(C)=O)C1OC(C)=O. The highest BCUT2D eigenvalue weighted by molar-refractivity contribution is 6.28. The average molecular weight is 570 g/mol. The number of benzene rings is 1. The van der Waals surface area contributed by atoms with E-state index in [1.807, 2.05) is 0 Å². The second kappa shape index (κ2) is 10.0. The van der Waals surface area contributed by atoms with Gasteiger partial charge in [0.05, 0.1) is 6.33 Å². The number of ether oxygens (including phenoxy) is 4. The average Bonchev–Trinajstić information content (AvgIpc) is 3.55. The predicted octanol–water partition coefficient (Wildman–Crippen LogP) is 2.41. The minimum atomic E-state index is -1.07. The number of nitrogens with zero attached hydrogens (tertiary/aromatic N) is 5. The van der Waals surface area contributed by atoms with Gasteiger partial charge in [0.15, 0.2) is 35.4 Å². The van der Waals surface area contributed by atoms with Gasteiger partial charge in [-0.05, 0) is 35.6 Å². The summed E-state index contributed by atoms with van der Waals surface area (Å²) in [6.45, 7) is 5.11. The van der Waals surface area contributed by atoms with Crippen molar-refractivity contribution in [3.8, 4) is 0 Å². The summed E-state index contributed by atoms with van der Waals surface area (Å²) in [5, 5.41) is 0.0231. The van der Waals surface area contributed by atoms with Crippen LogP contribution in [0.2, 0.25) is 5.28 Å².